The molecule has 37 heavy (non-hydrogen) atoms. The predicted octanol–water partition coefficient (Wildman–Crippen LogP) is 6.96. The summed E-state index contributed by atoms with van der Waals surface area (Å²) in [7, 11) is 1.38. The van der Waals surface area contributed by atoms with E-state index < -0.39 is 0 Å². The fourth-order valence-electron chi connectivity index (χ4n) is 4.14. The van der Waals surface area contributed by atoms with Crippen molar-refractivity contribution >= 4 is 17.6 Å². The first-order valence-electron chi connectivity index (χ1n) is 12.5. The number of carbonyl (C=O) groups excluding carboxylic acids is 1. The fraction of sp³-hybridized carbons (Fsp3) is 0.219. The molecule has 0 aromatic heterocycles. The maximum atomic E-state index is 11.6. The van der Waals surface area contributed by atoms with E-state index in [1.807, 2.05) is 42.5 Å². The number of hydrogen-bond acceptors (Lipinski definition) is 4. The first kappa shape index (κ1) is 26.6. The summed E-state index contributed by atoms with van der Waals surface area (Å²) in [5, 5.41) is 4.16. The molecule has 0 aliphatic heterocycles. The molecule has 0 saturated heterocycles. The number of nitrogens with one attached hydrogen (secondary N) is 1. The smallest absolute Gasteiger partial charge is 0.337 e. The van der Waals surface area contributed by atoms with Gasteiger partial charge in [0.1, 0.15) is 0 Å². The van der Waals surface area contributed by atoms with Crippen molar-refractivity contribution in [3.05, 3.63) is 142 Å². The molecule has 0 saturated carbocycles. The Balaban J connectivity index is 1.33. The van der Waals surface area contributed by atoms with Gasteiger partial charge in [0, 0.05) is 18.1 Å². The number of aryl methyl sites for hydroxylation is 2. The van der Waals surface area contributed by atoms with Crippen LogP contribution in [0.2, 0.25) is 5.02 Å². The van der Waals surface area contributed by atoms with E-state index in [1.165, 1.54) is 18.2 Å². The molecular weight excluding hydrogens is 482 g/mol. The Morgan fingerprint density at radius 2 is 1.43 bits per heavy atom. The van der Waals surface area contributed by atoms with Crippen LogP contribution in [0.4, 0.5) is 0 Å². The van der Waals surface area contributed by atoms with E-state index in [0.29, 0.717) is 30.3 Å². The van der Waals surface area contributed by atoms with E-state index in [0.717, 1.165) is 29.5 Å². The zero-order valence-corrected chi connectivity index (χ0v) is 21.8. The van der Waals surface area contributed by atoms with Gasteiger partial charge in [0.25, 0.3) is 0 Å². The van der Waals surface area contributed by atoms with Gasteiger partial charge in [0.15, 0.2) is 0 Å². The summed E-state index contributed by atoms with van der Waals surface area (Å²) < 4.78 is 11.1. The zero-order valence-electron chi connectivity index (χ0n) is 21.0. The van der Waals surface area contributed by atoms with Crippen molar-refractivity contribution < 1.29 is 14.3 Å². The van der Waals surface area contributed by atoms with Crippen LogP contribution in [0.25, 0.3) is 0 Å². The highest BCUT2D eigenvalue weighted by Crippen LogP contribution is 2.22. The topological polar surface area (TPSA) is 47.6 Å². The van der Waals surface area contributed by atoms with Crippen LogP contribution in [-0.4, -0.2) is 19.6 Å². The van der Waals surface area contributed by atoms with Gasteiger partial charge in [-0.25, -0.2) is 4.79 Å². The van der Waals surface area contributed by atoms with Gasteiger partial charge < -0.3 is 14.8 Å². The van der Waals surface area contributed by atoms with Crippen molar-refractivity contribution in [2.75, 3.05) is 13.7 Å². The molecule has 0 bridgehead atoms. The van der Waals surface area contributed by atoms with Gasteiger partial charge in [-0.05, 0) is 64.9 Å². The van der Waals surface area contributed by atoms with Crippen LogP contribution in [0.3, 0.4) is 0 Å². The van der Waals surface area contributed by atoms with E-state index in [4.69, 9.17) is 21.1 Å². The summed E-state index contributed by atoms with van der Waals surface area (Å²) in [5.41, 5.74) is 6.44. The van der Waals surface area contributed by atoms with Crippen LogP contribution in [0.5, 0.6) is 0 Å². The van der Waals surface area contributed by atoms with Crippen molar-refractivity contribution in [3.8, 4) is 0 Å². The Labute approximate surface area is 224 Å². The van der Waals surface area contributed by atoms with Crippen molar-refractivity contribution in [3.63, 3.8) is 0 Å². The highest BCUT2D eigenvalue weighted by molar-refractivity contribution is 6.30. The maximum Gasteiger partial charge on any atom is 0.337 e. The molecule has 1 N–H and O–H groups in total. The minimum Gasteiger partial charge on any atom is -0.465 e. The Bertz CT molecular complexity index is 1260. The summed E-state index contributed by atoms with van der Waals surface area (Å²) in [6.45, 7) is 1.78. The van der Waals surface area contributed by atoms with E-state index in [-0.39, 0.29) is 12.1 Å². The van der Waals surface area contributed by atoms with Crippen LogP contribution in [-0.2, 0) is 35.5 Å². The Kier molecular flexibility index (Phi) is 9.89. The average molecular weight is 514 g/mol. The van der Waals surface area contributed by atoms with E-state index in [2.05, 4.69) is 53.8 Å². The molecule has 0 spiro atoms. The Hall–Kier alpha value is -3.44. The minimum absolute atomic E-state index is 0.161. The second kappa shape index (κ2) is 13.8. The van der Waals surface area contributed by atoms with Gasteiger partial charge in [-0.3, -0.25) is 0 Å². The lowest BCUT2D eigenvalue weighted by Crippen LogP contribution is -2.23. The fourth-order valence-corrected chi connectivity index (χ4v) is 4.34. The van der Waals surface area contributed by atoms with E-state index >= 15 is 0 Å². The van der Waals surface area contributed by atoms with Gasteiger partial charge >= 0.3 is 5.97 Å². The van der Waals surface area contributed by atoms with Crippen molar-refractivity contribution in [1.29, 1.82) is 0 Å². The van der Waals surface area contributed by atoms with E-state index in [1.54, 1.807) is 12.1 Å². The largest absolute Gasteiger partial charge is 0.465 e. The molecule has 4 aromatic carbocycles. The third-order valence-electron chi connectivity index (χ3n) is 6.27. The molecule has 0 amide bonds. The van der Waals surface area contributed by atoms with Crippen molar-refractivity contribution in [1.82, 2.24) is 5.32 Å². The number of hydrogen-bond donors (Lipinski definition) is 1. The standard InChI is InChI=1S/C32H32ClNO3/c1-36-32(35)28-18-16-26(17-19-28)21-34-22-31(29-8-5-9-30(33)20-29)37-23-27-14-12-25(13-15-27)11-10-24-6-3-2-4-7-24/h2-9,12-20,31,34H,10-11,21-23H2,1H3. The van der Waals surface area contributed by atoms with Crippen LogP contribution >= 0.6 is 11.6 Å². The van der Waals surface area contributed by atoms with Crippen LogP contribution in [0, 0.1) is 0 Å². The van der Waals surface area contributed by atoms with Gasteiger partial charge in [0.2, 0.25) is 0 Å². The molecule has 190 valence electrons. The molecule has 4 rings (SSSR count). The highest BCUT2D eigenvalue weighted by atomic mass is 35.5. The minimum atomic E-state index is -0.335. The normalized spacial score (nSPS) is 11.7. The number of methoxy groups -OCH3 is 1. The lowest BCUT2D eigenvalue weighted by molar-refractivity contribution is 0.0396. The number of rotatable bonds is 12. The average Bonchev–Trinajstić information content (AvgIpc) is 2.95. The lowest BCUT2D eigenvalue weighted by Gasteiger charge is -2.20. The summed E-state index contributed by atoms with van der Waals surface area (Å²) in [4.78, 5) is 11.6. The van der Waals surface area contributed by atoms with Crippen LogP contribution in [0.1, 0.15) is 44.3 Å². The first-order chi connectivity index (χ1) is 18.1. The molecule has 4 nitrogen and oxygen atoms in total. The number of esters is 1. The quantitative estimate of drug-likeness (QED) is 0.208. The Morgan fingerprint density at radius 3 is 2.11 bits per heavy atom. The monoisotopic (exact) mass is 513 g/mol. The molecular formula is C32H32ClNO3. The molecule has 0 heterocycles. The summed E-state index contributed by atoms with van der Waals surface area (Å²) >= 11 is 6.27. The van der Waals surface area contributed by atoms with Crippen LogP contribution in [0.15, 0.2) is 103 Å². The van der Waals surface area contributed by atoms with Gasteiger partial charge in [0.05, 0.1) is 25.4 Å². The molecule has 5 heteroatoms. The van der Waals surface area contributed by atoms with Crippen molar-refractivity contribution in [2.24, 2.45) is 0 Å². The van der Waals surface area contributed by atoms with Crippen molar-refractivity contribution in [2.45, 2.75) is 32.1 Å². The van der Waals surface area contributed by atoms with E-state index in [9.17, 15) is 4.79 Å². The maximum absolute atomic E-state index is 11.6. The first-order valence-corrected chi connectivity index (χ1v) is 12.9. The third-order valence-corrected chi connectivity index (χ3v) is 6.51. The van der Waals surface area contributed by atoms with Gasteiger partial charge in [-0.15, -0.1) is 0 Å². The third kappa shape index (κ3) is 8.29. The second-order valence-electron chi connectivity index (χ2n) is 8.98. The number of halogens is 1. The molecule has 0 aliphatic carbocycles. The molecule has 1 atom stereocenters. The number of carbonyl (C=O) groups is 1. The summed E-state index contributed by atoms with van der Waals surface area (Å²) in [6, 6.07) is 34.4. The number of ether oxygens (including phenoxy) is 2. The molecule has 4 aromatic rings. The molecule has 0 aliphatic rings. The lowest BCUT2D eigenvalue weighted by atomic mass is 10.0. The summed E-state index contributed by atoms with van der Waals surface area (Å²) in [6.07, 6.45) is 1.89. The Morgan fingerprint density at radius 1 is 0.784 bits per heavy atom. The number of benzene rings is 4. The summed E-state index contributed by atoms with van der Waals surface area (Å²) in [5.74, 6) is -0.335. The molecule has 1 unspecified atom stereocenters. The second-order valence-corrected chi connectivity index (χ2v) is 9.41. The predicted molar refractivity (Wildman–Crippen MR) is 149 cm³/mol. The van der Waals surface area contributed by atoms with Gasteiger partial charge in [-0.2, -0.15) is 0 Å². The zero-order chi connectivity index (χ0) is 25.9. The van der Waals surface area contributed by atoms with Gasteiger partial charge in [-0.1, -0.05) is 90.5 Å². The highest BCUT2D eigenvalue weighted by Gasteiger charge is 2.13. The van der Waals surface area contributed by atoms with Crippen LogP contribution < -0.4 is 5.32 Å². The molecule has 0 fully saturated rings. The SMILES string of the molecule is COC(=O)c1ccc(CNCC(OCc2ccc(CCc3ccccc3)cc2)c2cccc(Cl)c2)cc1. The molecule has 0 radical (unpaired) electrons.